The van der Waals surface area contributed by atoms with Crippen molar-refractivity contribution in [3.63, 3.8) is 0 Å². The molecule has 0 aliphatic rings. The van der Waals surface area contributed by atoms with Crippen molar-refractivity contribution in [3.8, 4) is 5.75 Å². The standard InChI is InChI=1S/C13H11FN2O3/c1-16-5-4-8(6-12(16)18)13(19)15-9-2-3-11(17)10(14)7-9/h2-7,17H,1H3,(H,15,19). The number of carbonyl (C=O) groups is 1. The number of pyridine rings is 1. The molecule has 6 heteroatoms. The maximum atomic E-state index is 13.1. The molecule has 0 spiro atoms. The van der Waals surface area contributed by atoms with Crippen LogP contribution in [0.25, 0.3) is 0 Å². The van der Waals surface area contributed by atoms with Crippen molar-refractivity contribution in [2.75, 3.05) is 5.32 Å². The number of phenolic OH excluding ortho intramolecular Hbond substituents is 1. The molecule has 1 aromatic heterocycles. The molecule has 5 nitrogen and oxygen atoms in total. The molecule has 0 fully saturated rings. The molecule has 0 aliphatic heterocycles. The zero-order valence-corrected chi connectivity index (χ0v) is 10.1. The monoisotopic (exact) mass is 262 g/mol. The van der Waals surface area contributed by atoms with Crippen LogP contribution >= 0.6 is 0 Å². The van der Waals surface area contributed by atoms with E-state index >= 15 is 0 Å². The van der Waals surface area contributed by atoms with Crippen LogP contribution in [0.3, 0.4) is 0 Å². The summed E-state index contributed by atoms with van der Waals surface area (Å²) in [4.78, 5) is 23.2. The number of carbonyl (C=O) groups excluding carboxylic acids is 1. The lowest BCUT2D eigenvalue weighted by Gasteiger charge is -2.06. The minimum Gasteiger partial charge on any atom is -0.505 e. The van der Waals surface area contributed by atoms with E-state index in [0.29, 0.717) is 0 Å². The third-order valence-corrected chi connectivity index (χ3v) is 2.57. The van der Waals surface area contributed by atoms with Gasteiger partial charge in [0.25, 0.3) is 11.5 Å². The molecule has 0 saturated heterocycles. The minimum atomic E-state index is -0.832. The topological polar surface area (TPSA) is 71.3 Å². The van der Waals surface area contributed by atoms with E-state index in [1.54, 1.807) is 7.05 Å². The van der Waals surface area contributed by atoms with E-state index in [4.69, 9.17) is 5.11 Å². The van der Waals surface area contributed by atoms with Crippen LogP contribution in [0.1, 0.15) is 10.4 Å². The summed E-state index contributed by atoms with van der Waals surface area (Å²) < 4.78 is 14.4. The van der Waals surface area contributed by atoms with Gasteiger partial charge in [-0.05, 0) is 18.2 Å². The smallest absolute Gasteiger partial charge is 0.255 e. The van der Waals surface area contributed by atoms with Gasteiger partial charge in [-0.25, -0.2) is 4.39 Å². The maximum Gasteiger partial charge on any atom is 0.255 e. The number of phenols is 1. The normalized spacial score (nSPS) is 10.2. The number of benzene rings is 1. The van der Waals surface area contributed by atoms with Gasteiger partial charge in [0.05, 0.1) is 0 Å². The van der Waals surface area contributed by atoms with Gasteiger partial charge < -0.3 is 15.0 Å². The van der Waals surface area contributed by atoms with Crippen molar-refractivity contribution < 1.29 is 14.3 Å². The fourth-order valence-corrected chi connectivity index (χ4v) is 1.48. The summed E-state index contributed by atoms with van der Waals surface area (Å²) in [5.74, 6) is -1.85. The molecule has 0 atom stereocenters. The lowest BCUT2D eigenvalue weighted by molar-refractivity contribution is 0.102. The van der Waals surface area contributed by atoms with Gasteiger partial charge in [0.1, 0.15) is 0 Å². The summed E-state index contributed by atoms with van der Waals surface area (Å²) in [6.07, 6.45) is 1.47. The fraction of sp³-hybridized carbons (Fsp3) is 0.0769. The van der Waals surface area contributed by atoms with E-state index in [1.807, 2.05) is 0 Å². The lowest BCUT2D eigenvalue weighted by atomic mass is 10.2. The first-order chi connectivity index (χ1) is 8.97. The zero-order valence-electron chi connectivity index (χ0n) is 10.1. The van der Waals surface area contributed by atoms with E-state index in [0.717, 1.165) is 12.1 Å². The Morgan fingerprint density at radius 1 is 1.32 bits per heavy atom. The summed E-state index contributed by atoms with van der Waals surface area (Å²) >= 11 is 0. The van der Waals surface area contributed by atoms with Crippen molar-refractivity contribution in [2.24, 2.45) is 7.05 Å². The number of aromatic nitrogens is 1. The number of rotatable bonds is 2. The van der Waals surface area contributed by atoms with Crippen LogP contribution in [-0.2, 0) is 7.05 Å². The van der Waals surface area contributed by atoms with Crippen LogP contribution in [-0.4, -0.2) is 15.6 Å². The molecule has 0 bridgehead atoms. The molecule has 98 valence electrons. The average molecular weight is 262 g/mol. The van der Waals surface area contributed by atoms with E-state index < -0.39 is 17.5 Å². The van der Waals surface area contributed by atoms with Crippen molar-refractivity contribution in [1.82, 2.24) is 4.57 Å². The number of anilines is 1. The second-order valence-electron chi connectivity index (χ2n) is 3.98. The van der Waals surface area contributed by atoms with Gasteiger partial charge in [-0.3, -0.25) is 9.59 Å². The van der Waals surface area contributed by atoms with Gasteiger partial charge in [-0.15, -0.1) is 0 Å². The Labute approximate surface area is 107 Å². The third kappa shape index (κ3) is 2.79. The molecule has 1 amide bonds. The van der Waals surface area contributed by atoms with Crippen LogP contribution in [0.5, 0.6) is 5.75 Å². The number of halogens is 1. The number of nitrogens with zero attached hydrogens (tertiary/aromatic N) is 1. The van der Waals surface area contributed by atoms with Gasteiger partial charge in [-0.2, -0.15) is 0 Å². The number of amides is 1. The number of hydrogen-bond donors (Lipinski definition) is 2. The Balaban J connectivity index is 2.23. The van der Waals surface area contributed by atoms with Gasteiger partial charge >= 0.3 is 0 Å². The number of aryl methyl sites for hydroxylation is 1. The summed E-state index contributed by atoms with van der Waals surface area (Å²) in [5.41, 5.74) is 0.0575. The van der Waals surface area contributed by atoms with Crippen LogP contribution in [0, 0.1) is 5.82 Å². The molecule has 2 N–H and O–H groups in total. The van der Waals surface area contributed by atoms with Crippen LogP contribution in [0.15, 0.2) is 41.3 Å². The first-order valence-electron chi connectivity index (χ1n) is 5.44. The number of aromatic hydroxyl groups is 1. The number of hydrogen-bond acceptors (Lipinski definition) is 3. The highest BCUT2D eigenvalue weighted by molar-refractivity contribution is 6.04. The average Bonchev–Trinajstić information content (AvgIpc) is 2.37. The predicted octanol–water partition coefficient (Wildman–Crippen LogP) is 1.48. The molecule has 0 saturated carbocycles. The Morgan fingerprint density at radius 3 is 2.68 bits per heavy atom. The van der Waals surface area contributed by atoms with E-state index in [9.17, 15) is 14.0 Å². The quantitative estimate of drug-likeness (QED) is 0.805. The molecule has 0 unspecified atom stereocenters. The molecular formula is C13H11FN2O3. The van der Waals surface area contributed by atoms with Crippen molar-refractivity contribution in [1.29, 1.82) is 0 Å². The van der Waals surface area contributed by atoms with Crippen molar-refractivity contribution in [2.45, 2.75) is 0 Å². The Hall–Kier alpha value is -2.63. The maximum absolute atomic E-state index is 13.1. The third-order valence-electron chi connectivity index (χ3n) is 2.57. The molecule has 2 aromatic rings. The molecular weight excluding hydrogens is 251 g/mol. The molecule has 2 rings (SSSR count). The SMILES string of the molecule is Cn1ccc(C(=O)Nc2ccc(O)c(F)c2)cc1=O. The van der Waals surface area contributed by atoms with Gasteiger partial charge in [0.15, 0.2) is 11.6 Å². The van der Waals surface area contributed by atoms with Gasteiger partial charge in [0.2, 0.25) is 0 Å². The first kappa shape index (κ1) is 12.8. The first-order valence-corrected chi connectivity index (χ1v) is 5.44. The predicted molar refractivity (Wildman–Crippen MR) is 67.7 cm³/mol. The zero-order chi connectivity index (χ0) is 14.0. The van der Waals surface area contributed by atoms with Gasteiger partial charge in [-0.1, -0.05) is 0 Å². The van der Waals surface area contributed by atoms with Gasteiger partial charge in [0, 0.05) is 36.6 Å². The Kier molecular flexibility index (Phi) is 3.33. The van der Waals surface area contributed by atoms with Crippen LogP contribution in [0.4, 0.5) is 10.1 Å². The second kappa shape index (κ2) is 4.93. The van der Waals surface area contributed by atoms with Crippen molar-refractivity contribution in [3.05, 3.63) is 58.3 Å². The summed E-state index contributed by atoms with van der Waals surface area (Å²) in [7, 11) is 1.57. The molecule has 1 aromatic carbocycles. The summed E-state index contributed by atoms with van der Waals surface area (Å²) in [6, 6.07) is 6.15. The van der Waals surface area contributed by atoms with Crippen molar-refractivity contribution >= 4 is 11.6 Å². The highest BCUT2D eigenvalue weighted by atomic mass is 19.1. The largest absolute Gasteiger partial charge is 0.505 e. The molecule has 0 radical (unpaired) electrons. The fourth-order valence-electron chi connectivity index (χ4n) is 1.48. The highest BCUT2D eigenvalue weighted by Crippen LogP contribution is 2.19. The highest BCUT2D eigenvalue weighted by Gasteiger charge is 2.09. The lowest BCUT2D eigenvalue weighted by Crippen LogP contribution is -2.19. The molecule has 1 heterocycles. The summed E-state index contributed by atoms with van der Waals surface area (Å²) in [6.45, 7) is 0. The Morgan fingerprint density at radius 2 is 2.05 bits per heavy atom. The van der Waals surface area contributed by atoms with E-state index in [-0.39, 0.29) is 16.8 Å². The second-order valence-corrected chi connectivity index (χ2v) is 3.98. The summed E-state index contributed by atoms with van der Waals surface area (Å²) in [5, 5.41) is 11.5. The Bertz CT molecular complexity index is 695. The molecule has 0 aliphatic carbocycles. The minimum absolute atomic E-state index is 0.177. The van der Waals surface area contributed by atoms with Crippen LogP contribution < -0.4 is 10.9 Å². The van der Waals surface area contributed by atoms with Crippen LogP contribution in [0.2, 0.25) is 0 Å². The van der Waals surface area contributed by atoms with E-state index in [1.165, 1.54) is 29.0 Å². The molecule has 19 heavy (non-hydrogen) atoms. The van der Waals surface area contributed by atoms with E-state index in [2.05, 4.69) is 5.32 Å². The number of nitrogens with one attached hydrogen (secondary N) is 1.